The zero-order valence-corrected chi connectivity index (χ0v) is 13.8. The highest BCUT2D eigenvalue weighted by Gasteiger charge is 2.39. The van der Waals surface area contributed by atoms with E-state index < -0.39 is 5.41 Å². The second-order valence-electron chi connectivity index (χ2n) is 6.75. The van der Waals surface area contributed by atoms with Gasteiger partial charge in [-0.2, -0.15) is 0 Å². The molecule has 0 bridgehead atoms. The van der Waals surface area contributed by atoms with Gasteiger partial charge in [-0.3, -0.25) is 9.59 Å². The van der Waals surface area contributed by atoms with E-state index in [1.165, 1.54) is 0 Å². The molecule has 1 fully saturated rings. The number of carbonyl (C=O) groups excluding carboxylic acids is 2. The third-order valence-corrected chi connectivity index (χ3v) is 4.35. The summed E-state index contributed by atoms with van der Waals surface area (Å²) in [6.45, 7) is 7.59. The van der Waals surface area contributed by atoms with Crippen LogP contribution < -0.4 is 5.32 Å². The van der Waals surface area contributed by atoms with Crippen LogP contribution in [0.1, 0.15) is 39.2 Å². The van der Waals surface area contributed by atoms with E-state index in [0.717, 1.165) is 24.9 Å². The fraction of sp³-hybridized carbons (Fsp3) is 0.556. The van der Waals surface area contributed by atoms with Crippen molar-refractivity contribution < 1.29 is 9.59 Å². The predicted molar refractivity (Wildman–Crippen MR) is 87.0 cm³/mol. The molecule has 1 aromatic carbocycles. The van der Waals surface area contributed by atoms with Gasteiger partial charge in [0.05, 0.1) is 5.41 Å². The number of likely N-dealkylation sites (tertiary alicyclic amines) is 1. The molecule has 0 spiro atoms. The van der Waals surface area contributed by atoms with E-state index in [1.54, 1.807) is 0 Å². The molecule has 2 amide bonds. The Bertz CT molecular complexity index is 527. The Kier molecular flexibility index (Phi) is 5.22. The molecule has 1 heterocycles. The molecular formula is C18H26N2O2. The van der Waals surface area contributed by atoms with Crippen molar-refractivity contribution >= 4 is 11.8 Å². The van der Waals surface area contributed by atoms with Gasteiger partial charge < -0.3 is 10.2 Å². The monoisotopic (exact) mass is 302 g/mol. The van der Waals surface area contributed by atoms with E-state index in [-0.39, 0.29) is 17.7 Å². The van der Waals surface area contributed by atoms with Gasteiger partial charge in [0, 0.05) is 25.6 Å². The highest BCUT2D eigenvalue weighted by molar-refractivity contribution is 5.84. The van der Waals surface area contributed by atoms with Crippen molar-refractivity contribution in [2.45, 2.75) is 40.2 Å². The van der Waals surface area contributed by atoms with E-state index in [1.807, 2.05) is 56.0 Å². The van der Waals surface area contributed by atoms with Crippen LogP contribution in [0.4, 0.5) is 0 Å². The summed E-state index contributed by atoms with van der Waals surface area (Å²) in [5, 5.41) is 3.02. The fourth-order valence-corrected chi connectivity index (χ4v) is 2.97. The van der Waals surface area contributed by atoms with Crippen LogP contribution in [0.5, 0.6) is 0 Å². The zero-order chi connectivity index (χ0) is 16.2. The topological polar surface area (TPSA) is 49.4 Å². The minimum absolute atomic E-state index is 0.0188. The maximum absolute atomic E-state index is 12.6. The third-order valence-electron chi connectivity index (χ3n) is 4.35. The highest BCUT2D eigenvalue weighted by Crippen LogP contribution is 2.30. The summed E-state index contributed by atoms with van der Waals surface area (Å²) in [4.78, 5) is 26.6. The molecule has 1 atom stereocenters. The van der Waals surface area contributed by atoms with Crippen LogP contribution in [0.2, 0.25) is 0 Å². The van der Waals surface area contributed by atoms with Crippen LogP contribution in [0.3, 0.4) is 0 Å². The number of carbonyl (C=O) groups is 2. The number of piperidine rings is 1. The summed E-state index contributed by atoms with van der Waals surface area (Å²) in [7, 11) is 0. The van der Waals surface area contributed by atoms with Crippen LogP contribution in [0.15, 0.2) is 30.3 Å². The minimum Gasteiger partial charge on any atom is -0.351 e. The fourth-order valence-electron chi connectivity index (χ4n) is 2.97. The molecule has 1 N–H and O–H groups in total. The first-order valence-electron chi connectivity index (χ1n) is 8.03. The van der Waals surface area contributed by atoms with Crippen LogP contribution in [0, 0.1) is 11.3 Å². The lowest BCUT2D eigenvalue weighted by atomic mass is 9.80. The number of hydrogen-bond acceptors (Lipinski definition) is 2. The summed E-state index contributed by atoms with van der Waals surface area (Å²) >= 11 is 0. The normalized spacial score (nSPS) is 21.7. The van der Waals surface area contributed by atoms with Crippen molar-refractivity contribution in [2.24, 2.45) is 11.3 Å². The van der Waals surface area contributed by atoms with Gasteiger partial charge in [-0.25, -0.2) is 0 Å². The predicted octanol–water partition coefficient (Wildman–Crippen LogP) is 2.59. The lowest BCUT2D eigenvalue weighted by molar-refractivity contribution is -0.142. The molecule has 4 nitrogen and oxygen atoms in total. The van der Waals surface area contributed by atoms with Gasteiger partial charge in [-0.1, -0.05) is 44.2 Å². The van der Waals surface area contributed by atoms with Gasteiger partial charge in [0.2, 0.25) is 11.8 Å². The average molecular weight is 302 g/mol. The Labute approximate surface area is 132 Å². The van der Waals surface area contributed by atoms with E-state index in [0.29, 0.717) is 13.1 Å². The number of benzene rings is 1. The molecule has 1 aliphatic heterocycles. The summed E-state index contributed by atoms with van der Waals surface area (Å²) in [6.07, 6.45) is 1.71. The molecule has 2 rings (SSSR count). The Morgan fingerprint density at radius 1 is 1.27 bits per heavy atom. The summed E-state index contributed by atoms with van der Waals surface area (Å²) < 4.78 is 0. The quantitative estimate of drug-likeness (QED) is 0.929. The van der Waals surface area contributed by atoms with Crippen molar-refractivity contribution in [1.29, 1.82) is 0 Å². The maximum Gasteiger partial charge on any atom is 0.227 e. The summed E-state index contributed by atoms with van der Waals surface area (Å²) in [6, 6.07) is 9.89. The maximum atomic E-state index is 12.6. The van der Waals surface area contributed by atoms with Gasteiger partial charge in [0.1, 0.15) is 0 Å². The van der Waals surface area contributed by atoms with E-state index in [2.05, 4.69) is 5.32 Å². The van der Waals surface area contributed by atoms with Gasteiger partial charge in [0.15, 0.2) is 0 Å². The number of nitrogens with zero attached hydrogens (tertiary/aromatic N) is 1. The zero-order valence-electron chi connectivity index (χ0n) is 13.8. The molecular weight excluding hydrogens is 276 g/mol. The lowest BCUT2D eigenvalue weighted by Crippen LogP contribution is -2.52. The molecule has 120 valence electrons. The molecule has 1 unspecified atom stereocenters. The molecule has 0 aromatic heterocycles. The SMILES string of the molecule is CC(C)C(=O)N1CCCC(C)(C(=O)NCc2ccccc2)C1. The van der Waals surface area contributed by atoms with Gasteiger partial charge in [-0.15, -0.1) is 0 Å². The van der Waals surface area contributed by atoms with Crippen molar-refractivity contribution in [3.8, 4) is 0 Å². The standard InChI is InChI=1S/C18H26N2O2/c1-14(2)16(21)20-11-7-10-18(3,13-20)17(22)19-12-15-8-5-4-6-9-15/h4-6,8-9,14H,7,10-13H2,1-3H3,(H,19,22). The van der Waals surface area contributed by atoms with Crippen molar-refractivity contribution in [3.05, 3.63) is 35.9 Å². The van der Waals surface area contributed by atoms with E-state index >= 15 is 0 Å². The molecule has 1 aromatic rings. The van der Waals surface area contributed by atoms with Gasteiger partial charge >= 0.3 is 0 Å². The third kappa shape index (κ3) is 3.87. The number of amides is 2. The smallest absolute Gasteiger partial charge is 0.227 e. The first kappa shape index (κ1) is 16.5. The van der Waals surface area contributed by atoms with Crippen molar-refractivity contribution in [1.82, 2.24) is 10.2 Å². The molecule has 0 saturated carbocycles. The van der Waals surface area contributed by atoms with Crippen molar-refractivity contribution in [2.75, 3.05) is 13.1 Å². The number of hydrogen-bond donors (Lipinski definition) is 1. The van der Waals surface area contributed by atoms with Crippen LogP contribution >= 0.6 is 0 Å². The average Bonchev–Trinajstić information content (AvgIpc) is 2.52. The molecule has 22 heavy (non-hydrogen) atoms. The highest BCUT2D eigenvalue weighted by atomic mass is 16.2. The molecule has 1 saturated heterocycles. The minimum atomic E-state index is -0.489. The molecule has 4 heteroatoms. The summed E-state index contributed by atoms with van der Waals surface area (Å²) in [5.74, 6) is 0.161. The van der Waals surface area contributed by atoms with Gasteiger partial charge in [-0.05, 0) is 25.3 Å². The van der Waals surface area contributed by atoms with Crippen LogP contribution in [-0.4, -0.2) is 29.8 Å². The first-order chi connectivity index (χ1) is 10.4. The van der Waals surface area contributed by atoms with Crippen LogP contribution in [0.25, 0.3) is 0 Å². The van der Waals surface area contributed by atoms with Gasteiger partial charge in [0.25, 0.3) is 0 Å². The van der Waals surface area contributed by atoms with E-state index in [9.17, 15) is 9.59 Å². The second-order valence-corrected chi connectivity index (χ2v) is 6.75. The molecule has 0 radical (unpaired) electrons. The number of rotatable bonds is 4. The first-order valence-corrected chi connectivity index (χ1v) is 8.03. The van der Waals surface area contributed by atoms with Crippen molar-refractivity contribution in [3.63, 3.8) is 0 Å². The largest absolute Gasteiger partial charge is 0.351 e. The molecule has 0 aliphatic carbocycles. The Balaban J connectivity index is 1.96. The second kappa shape index (κ2) is 6.95. The summed E-state index contributed by atoms with van der Waals surface area (Å²) in [5.41, 5.74) is 0.600. The lowest BCUT2D eigenvalue weighted by Gasteiger charge is -2.40. The number of nitrogens with one attached hydrogen (secondary N) is 1. The Hall–Kier alpha value is -1.84. The Morgan fingerprint density at radius 2 is 1.95 bits per heavy atom. The Morgan fingerprint density at radius 3 is 2.59 bits per heavy atom. The molecule has 1 aliphatic rings. The van der Waals surface area contributed by atoms with E-state index in [4.69, 9.17) is 0 Å². The van der Waals surface area contributed by atoms with Crippen LogP contribution in [-0.2, 0) is 16.1 Å².